The molecule has 0 amide bonds. The predicted molar refractivity (Wildman–Crippen MR) is 98.8 cm³/mol. The molecule has 7 heteroatoms. The molecule has 0 spiro atoms. The number of rotatable bonds is 5. The summed E-state index contributed by atoms with van der Waals surface area (Å²) in [5.41, 5.74) is 1.76. The van der Waals surface area contributed by atoms with E-state index in [9.17, 15) is 0 Å². The summed E-state index contributed by atoms with van der Waals surface area (Å²) >= 11 is 3.48. The van der Waals surface area contributed by atoms with E-state index < -0.39 is 0 Å². The normalized spacial score (nSPS) is 10.8. The van der Waals surface area contributed by atoms with Gasteiger partial charge < -0.3 is 10.1 Å². The number of pyridine rings is 1. The third kappa shape index (κ3) is 3.46. The second-order valence-electron chi connectivity index (χ2n) is 5.34. The van der Waals surface area contributed by atoms with Crippen LogP contribution in [0.3, 0.4) is 0 Å². The zero-order valence-corrected chi connectivity index (χ0v) is 14.7. The van der Waals surface area contributed by atoms with Crippen molar-refractivity contribution in [2.24, 2.45) is 0 Å². The van der Waals surface area contributed by atoms with Gasteiger partial charge in [0.2, 0.25) is 5.88 Å². The fourth-order valence-corrected chi connectivity index (χ4v) is 2.74. The molecule has 4 rings (SSSR count). The highest BCUT2D eigenvalue weighted by Crippen LogP contribution is 2.26. The SMILES string of the molecule is Brc1cnn2c(NCc3cccnc3)cc(Oc3ccccc3)nc12. The summed E-state index contributed by atoms with van der Waals surface area (Å²) in [4.78, 5) is 8.65. The number of para-hydroxylation sites is 1. The topological polar surface area (TPSA) is 64.3 Å². The van der Waals surface area contributed by atoms with E-state index >= 15 is 0 Å². The molecule has 0 bridgehead atoms. The second-order valence-corrected chi connectivity index (χ2v) is 6.19. The lowest BCUT2D eigenvalue weighted by molar-refractivity contribution is 0.463. The number of nitrogens with zero attached hydrogens (tertiary/aromatic N) is 4. The number of ether oxygens (including phenoxy) is 1. The third-order valence-electron chi connectivity index (χ3n) is 3.57. The van der Waals surface area contributed by atoms with Gasteiger partial charge in [-0.1, -0.05) is 24.3 Å². The fourth-order valence-electron chi connectivity index (χ4n) is 2.40. The van der Waals surface area contributed by atoms with E-state index in [0.717, 1.165) is 21.6 Å². The van der Waals surface area contributed by atoms with Crippen molar-refractivity contribution in [2.45, 2.75) is 6.54 Å². The minimum absolute atomic E-state index is 0.494. The Morgan fingerprint density at radius 2 is 1.96 bits per heavy atom. The highest BCUT2D eigenvalue weighted by molar-refractivity contribution is 9.10. The minimum Gasteiger partial charge on any atom is -0.439 e. The number of hydrogen-bond acceptors (Lipinski definition) is 5. The Morgan fingerprint density at radius 3 is 2.76 bits per heavy atom. The Balaban J connectivity index is 1.67. The summed E-state index contributed by atoms with van der Waals surface area (Å²) in [5.74, 6) is 2.01. The van der Waals surface area contributed by atoms with Crippen LogP contribution in [0.2, 0.25) is 0 Å². The molecule has 0 saturated carbocycles. The number of benzene rings is 1. The Hall–Kier alpha value is -2.93. The van der Waals surface area contributed by atoms with Crippen molar-refractivity contribution in [3.8, 4) is 11.6 Å². The summed E-state index contributed by atoms with van der Waals surface area (Å²) < 4.78 is 8.41. The van der Waals surface area contributed by atoms with E-state index in [2.05, 4.69) is 36.3 Å². The van der Waals surface area contributed by atoms with Crippen molar-refractivity contribution in [3.63, 3.8) is 0 Å². The van der Waals surface area contributed by atoms with E-state index in [1.54, 1.807) is 16.9 Å². The second kappa shape index (κ2) is 6.90. The quantitative estimate of drug-likeness (QED) is 0.545. The van der Waals surface area contributed by atoms with E-state index in [1.165, 1.54) is 0 Å². The summed E-state index contributed by atoms with van der Waals surface area (Å²) in [6.07, 6.45) is 5.29. The van der Waals surface area contributed by atoms with Crippen LogP contribution in [0.4, 0.5) is 5.82 Å². The van der Waals surface area contributed by atoms with Gasteiger partial charge in [-0.05, 0) is 39.7 Å². The van der Waals surface area contributed by atoms with Crippen molar-refractivity contribution < 1.29 is 4.74 Å². The molecule has 25 heavy (non-hydrogen) atoms. The molecular formula is C18H14BrN5O. The molecule has 4 aromatic rings. The summed E-state index contributed by atoms with van der Waals surface area (Å²) in [6, 6.07) is 15.3. The van der Waals surface area contributed by atoms with Crippen molar-refractivity contribution in [1.29, 1.82) is 0 Å². The van der Waals surface area contributed by atoms with Gasteiger partial charge in [0.05, 0.1) is 10.7 Å². The van der Waals surface area contributed by atoms with Crippen LogP contribution >= 0.6 is 15.9 Å². The first-order valence-electron chi connectivity index (χ1n) is 7.69. The standard InChI is InChI=1S/C18H14BrN5O/c19-15-12-22-24-16(21-11-13-5-4-8-20-10-13)9-17(23-18(15)24)25-14-6-2-1-3-7-14/h1-10,12,21H,11H2. The Bertz CT molecular complexity index is 988. The third-order valence-corrected chi connectivity index (χ3v) is 4.13. The number of anilines is 1. The van der Waals surface area contributed by atoms with Gasteiger partial charge >= 0.3 is 0 Å². The first kappa shape index (κ1) is 15.6. The first-order chi connectivity index (χ1) is 12.3. The summed E-state index contributed by atoms with van der Waals surface area (Å²) in [7, 11) is 0. The minimum atomic E-state index is 0.494. The monoisotopic (exact) mass is 395 g/mol. The van der Waals surface area contributed by atoms with Crippen LogP contribution in [-0.4, -0.2) is 19.6 Å². The first-order valence-corrected chi connectivity index (χ1v) is 8.49. The van der Waals surface area contributed by atoms with Crippen LogP contribution in [0, 0.1) is 0 Å². The van der Waals surface area contributed by atoms with Gasteiger partial charge in [0.25, 0.3) is 0 Å². The van der Waals surface area contributed by atoms with Gasteiger partial charge in [-0.15, -0.1) is 0 Å². The van der Waals surface area contributed by atoms with Crippen molar-refractivity contribution >= 4 is 27.4 Å². The van der Waals surface area contributed by atoms with Crippen LogP contribution in [0.25, 0.3) is 5.65 Å². The molecule has 0 atom stereocenters. The van der Waals surface area contributed by atoms with Crippen molar-refractivity contribution in [1.82, 2.24) is 19.6 Å². The maximum absolute atomic E-state index is 5.88. The van der Waals surface area contributed by atoms with Crippen LogP contribution in [0.1, 0.15) is 5.56 Å². The lowest BCUT2D eigenvalue weighted by Gasteiger charge is -2.11. The molecule has 124 valence electrons. The lowest BCUT2D eigenvalue weighted by Crippen LogP contribution is -2.06. The van der Waals surface area contributed by atoms with Gasteiger partial charge in [0.1, 0.15) is 11.6 Å². The zero-order valence-electron chi connectivity index (χ0n) is 13.1. The number of hydrogen-bond donors (Lipinski definition) is 1. The van der Waals surface area contributed by atoms with Gasteiger partial charge in [0.15, 0.2) is 5.65 Å². The van der Waals surface area contributed by atoms with Crippen LogP contribution < -0.4 is 10.1 Å². The molecule has 3 heterocycles. The van der Waals surface area contributed by atoms with E-state index in [0.29, 0.717) is 18.1 Å². The largest absolute Gasteiger partial charge is 0.439 e. The molecule has 0 aliphatic rings. The molecule has 0 unspecified atom stereocenters. The predicted octanol–water partition coefficient (Wildman–Crippen LogP) is 4.29. The van der Waals surface area contributed by atoms with E-state index in [1.807, 2.05) is 54.7 Å². The molecule has 0 saturated heterocycles. The Labute approximate surface area is 152 Å². The van der Waals surface area contributed by atoms with Gasteiger partial charge in [-0.2, -0.15) is 14.6 Å². The van der Waals surface area contributed by atoms with E-state index in [-0.39, 0.29) is 0 Å². The Kier molecular flexibility index (Phi) is 4.30. The lowest BCUT2D eigenvalue weighted by atomic mass is 10.3. The zero-order chi connectivity index (χ0) is 17.1. The molecule has 6 nitrogen and oxygen atoms in total. The maximum Gasteiger partial charge on any atom is 0.224 e. The molecule has 0 radical (unpaired) electrons. The van der Waals surface area contributed by atoms with Crippen LogP contribution in [0.15, 0.2) is 71.6 Å². The molecular weight excluding hydrogens is 382 g/mol. The average Bonchev–Trinajstić information content (AvgIpc) is 3.03. The van der Waals surface area contributed by atoms with Gasteiger partial charge in [0, 0.05) is 25.0 Å². The molecule has 0 fully saturated rings. The highest BCUT2D eigenvalue weighted by Gasteiger charge is 2.11. The van der Waals surface area contributed by atoms with Gasteiger partial charge in [-0.3, -0.25) is 4.98 Å². The number of halogens is 1. The molecule has 1 aromatic carbocycles. The van der Waals surface area contributed by atoms with Crippen LogP contribution in [0.5, 0.6) is 11.6 Å². The number of nitrogens with one attached hydrogen (secondary N) is 1. The number of aromatic nitrogens is 4. The smallest absolute Gasteiger partial charge is 0.224 e. The fraction of sp³-hybridized carbons (Fsp3) is 0.0556. The van der Waals surface area contributed by atoms with Crippen molar-refractivity contribution in [3.05, 3.63) is 77.2 Å². The van der Waals surface area contributed by atoms with Crippen molar-refractivity contribution in [2.75, 3.05) is 5.32 Å². The van der Waals surface area contributed by atoms with Crippen LogP contribution in [-0.2, 0) is 6.54 Å². The van der Waals surface area contributed by atoms with E-state index in [4.69, 9.17) is 4.74 Å². The highest BCUT2D eigenvalue weighted by atomic mass is 79.9. The van der Waals surface area contributed by atoms with Gasteiger partial charge in [-0.25, -0.2) is 0 Å². The summed E-state index contributed by atoms with van der Waals surface area (Å²) in [6.45, 7) is 0.620. The maximum atomic E-state index is 5.88. The molecule has 1 N–H and O–H groups in total. The average molecular weight is 396 g/mol. The molecule has 3 aromatic heterocycles. The molecule has 0 aliphatic carbocycles. The summed E-state index contributed by atoms with van der Waals surface area (Å²) in [5, 5.41) is 7.72. The molecule has 0 aliphatic heterocycles. The number of fused-ring (bicyclic) bond motifs is 1. The Morgan fingerprint density at radius 1 is 1.08 bits per heavy atom.